The van der Waals surface area contributed by atoms with Crippen LogP contribution in [0.3, 0.4) is 0 Å². The number of hydrazone groups is 1. The summed E-state index contributed by atoms with van der Waals surface area (Å²) in [5.41, 5.74) is 3.17. The maximum Gasteiger partial charge on any atom is 0.287 e. The van der Waals surface area contributed by atoms with Gasteiger partial charge in [0.05, 0.1) is 19.0 Å². The van der Waals surface area contributed by atoms with Gasteiger partial charge in [0.15, 0.2) is 5.76 Å². The Hall–Kier alpha value is -2.41. The third-order valence-electron chi connectivity index (χ3n) is 2.43. The number of carbonyl (C=O) groups is 2. The molecule has 1 heterocycles. The van der Waals surface area contributed by atoms with Gasteiger partial charge >= 0.3 is 0 Å². The van der Waals surface area contributed by atoms with E-state index in [1.54, 1.807) is 6.07 Å². The van der Waals surface area contributed by atoms with Gasteiger partial charge in [0, 0.05) is 4.47 Å². The second-order valence-electron chi connectivity index (χ2n) is 4.00. The molecule has 0 radical (unpaired) electrons. The summed E-state index contributed by atoms with van der Waals surface area (Å²) < 4.78 is 5.86. The first kappa shape index (κ1) is 15.0. The molecule has 6 nitrogen and oxygen atoms in total. The Bertz CT molecular complexity index is 636. The van der Waals surface area contributed by atoms with Gasteiger partial charge in [-0.05, 0) is 29.8 Å². The normalized spacial score (nSPS) is 10.5. The lowest BCUT2D eigenvalue weighted by molar-refractivity contribution is -0.120. The van der Waals surface area contributed by atoms with Crippen molar-refractivity contribution in [2.45, 2.75) is 0 Å². The fourth-order valence-corrected chi connectivity index (χ4v) is 1.69. The van der Waals surface area contributed by atoms with Crippen LogP contribution in [0.4, 0.5) is 0 Å². The van der Waals surface area contributed by atoms with Crippen LogP contribution in [0.2, 0.25) is 0 Å². The highest BCUT2D eigenvalue weighted by atomic mass is 79.9. The summed E-state index contributed by atoms with van der Waals surface area (Å²) in [6.45, 7) is -0.183. The largest absolute Gasteiger partial charge is 0.459 e. The quantitative estimate of drug-likeness (QED) is 0.638. The Morgan fingerprint density at radius 1 is 1.24 bits per heavy atom. The van der Waals surface area contributed by atoms with E-state index in [1.807, 2.05) is 24.3 Å². The lowest BCUT2D eigenvalue weighted by Gasteiger charge is -2.01. The summed E-state index contributed by atoms with van der Waals surface area (Å²) in [4.78, 5) is 23.0. The number of amides is 2. The molecule has 0 spiro atoms. The van der Waals surface area contributed by atoms with Crippen molar-refractivity contribution in [1.82, 2.24) is 10.7 Å². The van der Waals surface area contributed by atoms with Crippen LogP contribution in [-0.4, -0.2) is 24.6 Å². The highest BCUT2D eigenvalue weighted by Crippen LogP contribution is 2.08. The van der Waals surface area contributed by atoms with E-state index in [0.717, 1.165) is 10.0 Å². The van der Waals surface area contributed by atoms with E-state index in [0.29, 0.717) is 0 Å². The molecule has 2 aromatic rings. The monoisotopic (exact) mass is 349 g/mol. The Morgan fingerprint density at radius 3 is 2.67 bits per heavy atom. The Morgan fingerprint density at radius 2 is 2.00 bits per heavy atom. The van der Waals surface area contributed by atoms with Crippen LogP contribution in [0.1, 0.15) is 16.1 Å². The lowest BCUT2D eigenvalue weighted by Crippen LogP contribution is -2.34. The van der Waals surface area contributed by atoms with Crippen LogP contribution in [0.5, 0.6) is 0 Å². The number of carbonyl (C=O) groups excluding carboxylic acids is 2. The second-order valence-corrected chi connectivity index (χ2v) is 4.92. The van der Waals surface area contributed by atoms with Crippen LogP contribution in [0, 0.1) is 0 Å². The summed E-state index contributed by atoms with van der Waals surface area (Å²) in [5.74, 6) is -0.725. The molecule has 0 saturated carbocycles. The molecular formula is C14H12BrN3O3. The second kappa shape index (κ2) is 7.39. The molecule has 2 N–H and O–H groups in total. The Balaban J connectivity index is 1.74. The maximum atomic E-state index is 11.5. The number of nitrogens with zero attached hydrogens (tertiary/aromatic N) is 1. The molecule has 108 valence electrons. The number of hydrogen-bond acceptors (Lipinski definition) is 4. The zero-order valence-corrected chi connectivity index (χ0v) is 12.5. The van der Waals surface area contributed by atoms with E-state index in [4.69, 9.17) is 4.42 Å². The molecule has 0 bridgehead atoms. The van der Waals surface area contributed by atoms with Gasteiger partial charge in [-0.25, -0.2) is 5.43 Å². The fraction of sp³-hybridized carbons (Fsp3) is 0.0714. The van der Waals surface area contributed by atoms with Gasteiger partial charge in [0.2, 0.25) is 0 Å². The van der Waals surface area contributed by atoms with Gasteiger partial charge in [-0.3, -0.25) is 9.59 Å². The molecule has 21 heavy (non-hydrogen) atoms. The van der Waals surface area contributed by atoms with Crippen molar-refractivity contribution in [3.05, 3.63) is 58.5 Å². The van der Waals surface area contributed by atoms with E-state index in [-0.39, 0.29) is 12.3 Å². The summed E-state index contributed by atoms with van der Waals surface area (Å²) in [6, 6.07) is 10.5. The van der Waals surface area contributed by atoms with E-state index in [2.05, 4.69) is 31.8 Å². The highest BCUT2D eigenvalue weighted by molar-refractivity contribution is 9.10. The van der Waals surface area contributed by atoms with Crippen molar-refractivity contribution in [2.75, 3.05) is 6.54 Å². The summed E-state index contributed by atoms with van der Waals surface area (Å²) in [7, 11) is 0. The smallest absolute Gasteiger partial charge is 0.287 e. The molecule has 2 amide bonds. The predicted octanol–water partition coefficient (Wildman–Crippen LogP) is 1.92. The topological polar surface area (TPSA) is 83.7 Å². The van der Waals surface area contributed by atoms with Gasteiger partial charge < -0.3 is 9.73 Å². The first-order valence-corrected chi connectivity index (χ1v) is 6.83. The molecular weight excluding hydrogens is 338 g/mol. The number of benzene rings is 1. The zero-order chi connectivity index (χ0) is 15.1. The first-order chi connectivity index (χ1) is 10.1. The zero-order valence-electron chi connectivity index (χ0n) is 10.9. The molecule has 0 atom stereocenters. The molecule has 0 unspecified atom stereocenters. The molecule has 1 aromatic carbocycles. The van der Waals surface area contributed by atoms with Crippen molar-refractivity contribution in [3.8, 4) is 0 Å². The molecule has 1 aromatic heterocycles. The lowest BCUT2D eigenvalue weighted by atomic mass is 10.2. The van der Waals surface area contributed by atoms with Gasteiger partial charge in [0.1, 0.15) is 0 Å². The minimum Gasteiger partial charge on any atom is -0.459 e. The van der Waals surface area contributed by atoms with Crippen molar-refractivity contribution in [2.24, 2.45) is 5.10 Å². The van der Waals surface area contributed by atoms with E-state index in [9.17, 15) is 9.59 Å². The van der Waals surface area contributed by atoms with Crippen LogP contribution in [0.25, 0.3) is 0 Å². The summed E-state index contributed by atoms with van der Waals surface area (Å²) >= 11 is 3.33. The Labute approximate surface area is 129 Å². The number of rotatable bonds is 5. The molecule has 7 heteroatoms. The molecule has 0 fully saturated rings. The molecule has 0 aliphatic heterocycles. The maximum absolute atomic E-state index is 11.5. The van der Waals surface area contributed by atoms with Gasteiger partial charge in [-0.1, -0.05) is 28.1 Å². The van der Waals surface area contributed by atoms with E-state index < -0.39 is 11.8 Å². The Kier molecular flexibility index (Phi) is 5.28. The van der Waals surface area contributed by atoms with Crippen LogP contribution in [-0.2, 0) is 4.79 Å². The minimum atomic E-state index is -0.452. The van der Waals surface area contributed by atoms with E-state index >= 15 is 0 Å². The molecule has 0 aliphatic carbocycles. The highest BCUT2D eigenvalue weighted by Gasteiger charge is 2.09. The standard InChI is InChI=1S/C14H12BrN3O3/c15-11-5-3-10(4-6-11)8-17-18-13(19)9-16-14(20)12-2-1-7-21-12/h1-8H,9H2,(H,16,20)(H,18,19). The third-order valence-corrected chi connectivity index (χ3v) is 2.96. The SMILES string of the molecule is O=C(CNC(=O)c1ccco1)NN=Cc1ccc(Br)cc1. The van der Waals surface area contributed by atoms with Crippen LogP contribution >= 0.6 is 15.9 Å². The number of furan rings is 1. The minimum absolute atomic E-state index is 0.154. The van der Waals surface area contributed by atoms with Gasteiger partial charge in [-0.15, -0.1) is 0 Å². The van der Waals surface area contributed by atoms with E-state index in [1.165, 1.54) is 18.5 Å². The third kappa shape index (κ3) is 4.88. The number of halogens is 1. The fourth-order valence-electron chi connectivity index (χ4n) is 1.42. The van der Waals surface area contributed by atoms with Crippen LogP contribution in [0.15, 0.2) is 56.7 Å². The van der Waals surface area contributed by atoms with Crippen molar-refractivity contribution in [1.29, 1.82) is 0 Å². The first-order valence-electron chi connectivity index (χ1n) is 6.04. The number of nitrogens with one attached hydrogen (secondary N) is 2. The average Bonchev–Trinajstić information content (AvgIpc) is 3.01. The van der Waals surface area contributed by atoms with Crippen molar-refractivity contribution in [3.63, 3.8) is 0 Å². The molecule has 0 aliphatic rings. The van der Waals surface area contributed by atoms with Crippen LogP contribution < -0.4 is 10.7 Å². The molecule has 0 saturated heterocycles. The summed E-state index contributed by atoms with van der Waals surface area (Å²) in [6.07, 6.45) is 2.90. The van der Waals surface area contributed by atoms with Gasteiger partial charge in [-0.2, -0.15) is 5.10 Å². The average molecular weight is 350 g/mol. The number of hydrogen-bond donors (Lipinski definition) is 2. The predicted molar refractivity (Wildman–Crippen MR) is 80.9 cm³/mol. The van der Waals surface area contributed by atoms with Crippen molar-refractivity contribution >= 4 is 34.0 Å². The summed E-state index contributed by atoms with van der Waals surface area (Å²) in [5, 5.41) is 6.21. The van der Waals surface area contributed by atoms with Crippen molar-refractivity contribution < 1.29 is 14.0 Å². The van der Waals surface area contributed by atoms with Gasteiger partial charge in [0.25, 0.3) is 11.8 Å². The molecule has 2 rings (SSSR count).